The lowest BCUT2D eigenvalue weighted by atomic mass is 10.1. The normalized spacial score (nSPS) is 16.1. The minimum atomic E-state index is -1.06. The van der Waals surface area contributed by atoms with Gasteiger partial charge in [-0.25, -0.2) is 4.79 Å². The Labute approximate surface area is 105 Å². The number of nitrogens with zero attached hydrogens (tertiary/aromatic N) is 1. The van der Waals surface area contributed by atoms with E-state index in [2.05, 4.69) is 5.32 Å². The second-order valence-electron chi connectivity index (χ2n) is 4.20. The van der Waals surface area contributed by atoms with E-state index in [0.717, 1.165) is 12.8 Å². The molecule has 0 aromatic heterocycles. The molecule has 1 heterocycles. The third kappa shape index (κ3) is 4.70. The number of aliphatic carboxylic acids is 1. The first kappa shape index (κ1) is 14.4. The molecule has 0 saturated carbocycles. The monoisotopic (exact) mass is 258 g/mol. The quantitative estimate of drug-likeness (QED) is 0.750. The summed E-state index contributed by atoms with van der Waals surface area (Å²) in [5.74, 6) is -1.63. The average molecular weight is 258 g/mol. The first-order valence-electron chi connectivity index (χ1n) is 5.87. The lowest BCUT2D eigenvalue weighted by Gasteiger charge is -2.30. The molecular weight excluding hydrogens is 240 g/mol. The van der Waals surface area contributed by atoms with Gasteiger partial charge in [0.05, 0.1) is 6.42 Å². The van der Waals surface area contributed by atoms with Gasteiger partial charge in [-0.15, -0.1) is 0 Å². The summed E-state index contributed by atoms with van der Waals surface area (Å²) in [7, 11) is 1.62. The molecule has 18 heavy (non-hydrogen) atoms. The van der Waals surface area contributed by atoms with Crippen molar-refractivity contribution in [3.63, 3.8) is 0 Å². The molecule has 7 nitrogen and oxygen atoms in total. The molecule has 1 saturated heterocycles. The van der Waals surface area contributed by atoms with Gasteiger partial charge in [-0.2, -0.15) is 0 Å². The fourth-order valence-electron chi connectivity index (χ4n) is 1.73. The third-order valence-electron chi connectivity index (χ3n) is 2.87. The van der Waals surface area contributed by atoms with Crippen LogP contribution in [0.15, 0.2) is 0 Å². The molecule has 1 rings (SSSR count). The number of rotatable bonds is 4. The van der Waals surface area contributed by atoms with E-state index in [4.69, 9.17) is 9.84 Å². The number of carbonyl (C=O) groups is 3. The Hall–Kier alpha value is -1.63. The number of hydrogen-bond donors (Lipinski definition) is 2. The maximum absolute atomic E-state index is 11.7. The van der Waals surface area contributed by atoms with Crippen molar-refractivity contribution in [1.82, 2.24) is 10.2 Å². The number of carbonyl (C=O) groups excluding carboxylic acids is 2. The van der Waals surface area contributed by atoms with Gasteiger partial charge in [0.1, 0.15) is 0 Å². The lowest BCUT2D eigenvalue weighted by Crippen LogP contribution is -2.47. The minimum Gasteiger partial charge on any atom is -0.481 e. The van der Waals surface area contributed by atoms with Gasteiger partial charge in [-0.3, -0.25) is 14.9 Å². The molecule has 0 aliphatic carbocycles. The molecule has 3 amide bonds. The Morgan fingerprint density at radius 2 is 1.89 bits per heavy atom. The van der Waals surface area contributed by atoms with E-state index in [1.807, 2.05) is 0 Å². The van der Waals surface area contributed by atoms with E-state index in [-0.39, 0.29) is 18.9 Å². The van der Waals surface area contributed by atoms with Crippen molar-refractivity contribution >= 4 is 17.9 Å². The summed E-state index contributed by atoms with van der Waals surface area (Å²) in [4.78, 5) is 34.8. The van der Waals surface area contributed by atoms with Crippen LogP contribution < -0.4 is 5.32 Å². The summed E-state index contributed by atoms with van der Waals surface area (Å²) < 4.78 is 5.19. The number of carboxylic acid groups (broad SMARTS) is 1. The Balaban J connectivity index is 2.34. The first-order valence-corrected chi connectivity index (χ1v) is 5.87. The highest BCUT2D eigenvalue weighted by molar-refractivity contribution is 5.95. The van der Waals surface area contributed by atoms with Crippen molar-refractivity contribution in [2.45, 2.75) is 31.7 Å². The molecule has 1 aliphatic heterocycles. The highest BCUT2D eigenvalue weighted by Gasteiger charge is 2.23. The molecular formula is C11H18N2O5. The number of amides is 3. The van der Waals surface area contributed by atoms with Crippen LogP contribution in [0, 0.1) is 0 Å². The van der Waals surface area contributed by atoms with Gasteiger partial charge < -0.3 is 14.7 Å². The van der Waals surface area contributed by atoms with E-state index in [1.165, 1.54) is 4.90 Å². The van der Waals surface area contributed by atoms with Crippen LogP contribution in [0.1, 0.15) is 25.7 Å². The first-order chi connectivity index (χ1) is 8.50. The van der Waals surface area contributed by atoms with Crippen molar-refractivity contribution in [2.24, 2.45) is 0 Å². The summed E-state index contributed by atoms with van der Waals surface area (Å²) in [6.45, 7) is 1.21. The Morgan fingerprint density at radius 3 is 2.44 bits per heavy atom. The number of urea groups is 1. The van der Waals surface area contributed by atoms with Crippen LogP contribution in [0.2, 0.25) is 0 Å². The smallest absolute Gasteiger partial charge is 0.324 e. The molecule has 2 N–H and O–H groups in total. The van der Waals surface area contributed by atoms with Crippen molar-refractivity contribution in [2.75, 3.05) is 20.3 Å². The van der Waals surface area contributed by atoms with Crippen LogP contribution in [-0.4, -0.2) is 54.2 Å². The summed E-state index contributed by atoms with van der Waals surface area (Å²) >= 11 is 0. The summed E-state index contributed by atoms with van der Waals surface area (Å²) in [6, 6.07) is -0.427. The van der Waals surface area contributed by atoms with Gasteiger partial charge in [0.25, 0.3) is 0 Å². The predicted octanol–water partition coefficient (Wildman–Crippen LogP) is 0.198. The van der Waals surface area contributed by atoms with Crippen LogP contribution >= 0.6 is 0 Å². The van der Waals surface area contributed by atoms with E-state index in [9.17, 15) is 14.4 Å². The zero-order chi connectivity index (χ0) is 13.5. The van der Waals surface area contributed by atoms with Crippen LogP contribution in [0.4, 0.5) is 4.79 Å². The Kier molecular flexibility index (Phi) is 5.57. The second-order valence-corrected chi connectivity index (χ2v) is 4.20. The molecule has 0 radical (unpaired) electrons. The third-order valence-corrected chi connectivity index (χ3v) is 2.87. The SMILES string of the molecule is CN(C(=O)NC(=O)CCC(=O)O)C1CCOCC1. The van der Waals surface area contributed by atoms with Crippen molar-refractivity contribution < 1.29 is 24.2 Å². The maximum Gasteiger partial charge on any atom is 0.324 e. The van der Waals surface area contributed by atoms with E-state index < -0.39 is 17.9 Å². The summed E-state index contributed by atoms with van der Waals surface area (Å²) in [6.07, 6.45) is 1.02. The lowest BCUT2D eigenvalue weighted by molar-refractivity contribution is -0.138. The van der Waals surface area contributed by atoms with Gasteiger partial charge in [-0.1, -0.05) is 0 Å². The zero-order valence-corrected chi connectivity index (χ0v) is 10.3. The number of ether oxygens (including phenoxy) is 1. The maximum atomic E-state index is 11.7. The second kappa shape index (κ2) is 6.95. The van der Waals surface area contributed by atoms with Crippen molar-refractivity contribution in [1.29, 1.82) is 0 Å². The van der Waals surface area contributed by atoms with Gasteiger partial charge in [0, 0.05) is 32.7 Å². The van der Waals surface area contributed by atoms with Crippen LogP contribution in [0.3, 0.4) is 0 Å². The molecule has 102 valence electrons. The highest BCUT2D eigenvalue weighted by atomic mass is 16.5. The highest BCUT2D eigenvalue weighted by Crippen LogP contribution is 2.12. The van der Waals surface area contributed by atoms with Crippen LogP contribution in [0.25, 0.3) is 0 Å². The van der Waals surface area contributed by atoms with Crippen molar-refractivity contribution in [3.05, 3.63) is 0 Å². The fourth-order valence-corrected chi connectivity index (χ4v) is 1.73. The van der Waals surface area contributed by atoms with E-state index in [0.29, 0.717) is 13.2 Å². The Morgan fingerprint density at radius 1 is 1.28 bits per heavy atom. The summed E-state index contributed by atoms with van der Waals surface area (Å²) in [5.41, 5.74) is 0. The van der Waals surface area contributed by atoms with Crippen LogP contribution in [-0.2, 0) is 14.3 Å². The number of carboxylic acids is 1. The van der Waals surface area contributed by atoms with Gasteiger partial charge in [-0.05, 0) is 12.8 Å². The predicted molar refractivity (Wildman–Crippen MR) is 62.0 cm³/mol. The van der Waals surface area contributed by atoms with Gasteiger partial charge >= 0.3 is 12.0 Å². The fraction of sp³-hybridized carbons (Fsp3) is 0.727. The van der Waals surface area contributed by atoms with Crippen LogP contribution in [0.5, 0.6) is 0 Å². The molecule has 0 atom stereocenters. The molecule has 0 bridgehead atoms. The summed E-state index contributed by atoms with van der Waals surface area (Å²) in [5, 5.41) is 10.6. The number of nitrogens with one attached hydrogen (secondary N) is 1. The van der Waals surface area contributed by atoms with Gasteiger partial charge in [0.15, 0.2) is 0 Å². The molecule has 0 unspecified atom stereocenters. The van der Waals surface area contributed by atoms with E-state index in [1.54, 1.807) is 7.05 Å². The average Bonchev–Trinajstić information content (AvgIpc) is 2.36. The minimum absolute atomic E-state index is 0.0611. The zero-order valence-electron chi connectivity index (χ0n) is 10.3. The van der Waals surface area contributed by atoms with Crippen molar-refractivity contribution in [3.8, 4) is 0 Å². The molecule has 1 fully saturated rings. The standard InChI is InChI=1S/C11H18N2O5/c1-13(8-4-6-18-7-5-8)11(17)12-9(14)2-3-10(15)16/h8H,2-7H2,1H3,(H,15,16)(H,12,14,17). The topological polar surface area (TPSA) is 95.9 Å². The Bertz CT molecular complexity index is 325. The van der Waals surface area contributed by atoms with Gasteiger partial charge in [0.2, 0.25) is 5.91 Å². The van der Waals surface area contributed by atoms with E-state index >= 15 is 0 Å². The molecule has 0 aromatic rings. The number of hydrogen-bond acceptors (Lipinski definition) is 4. The largest absolute Gasteiger partial charge is 0.481 e. The molecule has 7 heteroatoms. The number of imide groups is 1. The molecule has 0 aromatic carbocycles. The molecule has 0 spiro atoms. The molecule has 1 aliphatic rings.